The molecule has 1 aromatic heterocycles. The van der Waals surface area contributed by atoms with Gasteiger partial charge in [0.15, 0.2) is 0 Å². The highest BCUT2D eigenvalue weighted by Gasteiger charge is 2.38. The van der Waals surface area contributed by atoms with E-state index in [1.54, 1.807) is 17.9 Å². The van der Waals surface area contributed by atoms with Crippen LogP contribution < -0.4 is 4.90 Å². The van der Waals surface area contributed by atoms with E-state index in [2.05, 4.69) is 52.5 Å². The highest BCUT2D eigenvalue weighted by atomic mass is 79.9. The topological polar surface area (TPSA) is 51.5 Å². The highest BCUT2D eigenvalue weighted by Crippen LogP contribution is 2.36. The number of aromatic nitrogens is 1. The number of amides is 1. The predicted octanol–water partition coefficient (Wildman–Crippen LogP) is 6.35. The molecule has 4 rings (SSSR count). The summed E-state index contributed by atoms with van der Waals surface area (Å²) in [5, 5.41) is 0. The zero-order chi connectivity index (χ0) is 24.7. The molecule has 1 aliphatic heterocycles. The molecule has 0 N–H and O–H groups in total. The maximum atomic E-state index is 13.6. The van der Waals surface area contributed by atoms with Crippen LogP contribution in [-0.2, 0) is 14.3 Å². The van der Waals surface area contributed by atoms with Crippen LogP contribution in [0.5, 0.6) is 0 Å². The van der Waals surface area contributed by atoms with Gasteiger partial charge in [-0.15, -0.1) is 0 Å². The number of nitrogens with zero attached hydrogens (tertiary/aromatic N) is 2. The van der Waals surface area contributed by atoms with E-state index in [1.165, 1.54) is 18.2 Å². The van der Waals surface area contributed by atoms with Crippen molar-refractivity contribution in [2.24, 2.45) is 0 Å². The van der Waals surface area contributed by atoms with Crippen LogP contribution in [0.1, 0.15) is 35.0 Å². The molecule has 3 aromatic rings. The quantitative estimate of drug-likeness (QED) is 0.298. The van der Waals surface area contributed by atoms with Crippen molar-refractivity contribution in [2.75, 3.05) is 12.0 Å². The molecule has 0 fully saturated rings. The predicted molar refractivity (Wildman–Crippen MR) is 139 cm³/mol. The van der Waals surface area contributed by atoms with Gasteiger partial charge in [-0.1, -0.05) is 22.0 Å². The van der Waals surface area contributed by atoms with Crippen molar-refractivity contribution in [3.63, 3.8) is 0 Å². The molecule has 0 spiro atoms. The number of hydrogen-bond acceptors (Lipinski definition) is 3. The number of halogens is 1. The summed E-state index contributed by atoms with van der Waals surface area (Å²) < 4.78 is 8.13. The lowest BCUT2D eigenvalue weighted by molar-refractivity contribution is -0.136. The summed E-state index contributed by atoms with van der Waals surface area (Å²) >= 11 is 3.43. The van der Waals surface area contributed by atoms with Crippen LogP contribution in [0, 0.1) is 27.7 Å². The van der Waals surface area contributed by atoms with Crippen molar-refractivity contribution in [1.82, 2.24) is 4.57 Å². The van der Waals surface area contributed by atoms with Crippen LogP contribution in [0.25, 0.3) is 11.8 Å². The number of carbonyl (C=O) groups excluding carboxylic acids is 2. The normalized spacial score (nSPS) is 15.0. The van der Waals surface area contributed by atoms with E-state index < -0.39 is 5.97 Å². The largest absolute Gasteiger partial charge is 0.465 e. The maximum Gasteiger partial charge on any atom is 0.340 e. The SMILES string of the molecule is COC(=O)C1=C(C)N(c2ccc(Br)cc2)C(=O)/C1=C\c1cc(C)n(-c2cc(C)cc(C)c2)c1C. The minimum atomic E-state index is -0.528. The molecule has 2 heterocycles. The second-order valence-electron chi connectivity index (χ2n) is 8.63. The van der Waals surface area contributed by atoms with Gasteiger partial charge in [0.1, 0.15) is 0 Å². The number of allylic oxidation sites excluding steroid dienone is 1. The van der Waals surface area contributed by atoms with E-state index in [9.17, 15) is 9.59 Å². The Morgan fingerprint density at radius 3 is 2.12 bits per heavy atom. The molecule has 1 aliphatic rings. The Labute approximate surface area is 208 Å². The summed E-state index contributed by atoms with van der Waals surface area (Å²) in [5.41, 5.74) is 8.22. The number of hydrogen-bond donors (Lipinski definition) is 0. The molecule has 2 aromatic carbocycles. The van der Waals surface area contributed by atoms with Crippen LogP contribution in [0.4, 0.5) is 5.69 Å². The van der Waals surface area contributed by atoms with Crippen LogP contribution in [0.3, 0.4) is 0 Å². The zero-order valence-electron chi connectivity index (χ0n) is 20.2. The van der Waals surface area contributed by atoms with Crippen LogP contribution in [0.2, 0.25) is 0 Å². The molecule has 0 atom stereocenters. The second-order valence-corrected chi connectivity index (χ2v) is 9.55. The monoisotopic (exact) mass is 518 g/mol. The molecular formula is C28H27BrN2O3. The fraction of sp³-hybridized carbons (Fsp3) is 0.214. The molecule has 0 radical (unpaired) electrons. The van der Waals surface area contributed by atoms with Crippen molar-refractivity contribution < 1.29 is 14.3 Å². The molecule has 0 aliphatic carbocycles. The molecule has 0 bridgehead atoms. The first-order valence-electron chi connectivity index (χ1n) is 11.0. The number of methoxy groups -OCH3 is 1. The van der Waals surface area contributed by atoms with Crippen LogP contribution in [0.15, 0.2) is 69.8 Å². The molecule has 0 saturated heterocycles. The second kappa shape index (κ2) is 9.11. The van der Waals surface area contributed by atoms with Gasteiger partial charge in [0.2, 0.25) is 0 Å². The molecular weight excluding hydrogens is 492 g/mol. The molecule has 0 unspecified atom stereocenters. The molecule has 6 heteroatoms. The summed E-state index contributed by atoms with van der Waals surface area (Å²) in [6.07, 6.45) is 1.80. The lowest BCUT2D eigenvalue weighted by Crippen LogP contribution is -2.24. The van der Waals surface area contributed by atoms with E-state index in [-0.39, 0.29) is 11.5 Å². The maximum absolute atomic E-state index is 13.6. The van der Waals surface area contributed by atoms with E-state index >= 15 is 0 Å². The van der Waals surface area contributed by atoms with Gasteiger partial charge in [0.25, 0.3) is 5.91 Å². The molecule has 5 nitrogen and oxygen atoms in total. The summed E-state index contributed by atoms with van der Waals surface area (Å²) in [5.74, 6) is -0.781. The minimum Gasteiger partial charge on any atom is -0.465 e. The minimum absolute atomic E-state index is 0.253. The van der Waals surface area contributed by atoms with E-state index in [0.717, 1.165) is 27.1 Å². The van der Waals surface area contributed by atoms with E-state index in [1.807, 2.05) is 44.2 Å². The number of esters is 1. The first kappa shape index (κ1) is 23.8. The fourth-order valence-electron chi connectivity index (χ4n) is 4.65. The van der Waals surface area contributed by atoms with Crippen molar-refractivity contribution >= 4 is 39.6 Å². The number of anilines is 1. The molecule has 1 amide bonds. The zero-order valence-corrected chi connectivity index (χ0v) is 21.8. The van der Waals surface area contributed by atoms with Gasteiger partial charge in [-0.25, -0.2) is 4.79 Å². The lowest BCUT2D eigenvalue weighted by Gasteiger charge is -2.18. The molecule has 34 heavy (non-hydrogen) atoms. The van der Waals surface area contributed by atoms with Gasteiger partial charge in [0, 0.05) is 32.9 Å². The standard InChI is InChI=1S/C28H27BrN2O3/c1-16-11-17(2)13-24(12-16)30-18(3)14-21(19(30)4)15-25-26(28(33)34-6)20(5)31(27(25)32)23-9-7-22(29)8-10-23/h7-15H,1-6H3/b25-15-. The third-order valence-electron chi connectivity index (χ3n) is 6.11. The Morgan fingerprint density at radius 1 is 0.912 bits per heavy atom. The number of aryl methyl sites for hydroxylation is 3. The number of benzene rings is 2. The van der Waals surface area contributed by atoms with Gasteiger partial charge >= 0.3 is 5.97 Å². The average Bonchev–Trinajstić information content (AvgIpc) is 3.19. The van der Waals surface area contributed by atoms with E-state index in [4.69, 9.17) is 4.74 Å². The molecule has 0 saturated carbocycles. The Bertz CT molecular complexity index is 1360. The van der Waals surface area contributed by atoms with E-state index in [0.29, 0.717) is 17.0 Å². The van der Waals surface area contributed by atoms with Crippen molar-refractivity contribution in [3.8, 4) is 5.69 Å². The van der Waals surface area contributed by atoms with Gasteiger partial charge in [-0.05, 0) is 99.8 Å². The summed E-state index contributed by atoms with van der Waals surface area (Å²) in [4.78, 5) is 27.9. The summed E-state index contributed by atoms with van der Waals surface area (Å²) in [6.45, 7) is 10.00. The summed E-state index contributed by atoms with van der Waals surface area (Å²) in [6, 6.07) is 15.9. The Hall–Kier alpha value is -3.38. The average molecular weight is 519 g/mol. The number of rotatable bonds is 4. The lowest BCUT2D eigenvalue weighted by atomic mass is 10.0. The summed E-state index contributed by atoms with van der Waals surface area (Å²) in [7, 11) is 1.33. The van der Waals surface area contributed by atoms with Crippen molar-refractivity contribution in [3.05, 3.63) is 97.9 Å². The van der Waals surface area contributed by atoms with Gasteiger partial charge in [0.05, 0.1) is 18.3 Å². The Morgan fingerprint density at radius 2 is 1.53 bits per heavy atom. The smallest absolute Gasteiger partial charge is 0.340 e. The Kier molecular flexibility index (Phi) is 6.36. The first-order valence-corrected chi connectivity index (χ1v) is 11.8. The highest BCUT2D eigenvalue weighted by molar-refractivity contribution is 9.10. The third kappa shape index (κ3) is 4.14. The van der Waals surface area contributed by atoms with Gasteiger partial charge in [-0.2, -0.15) is 0 Å². The van der Waals surface area contributed by atoms with Crippen LogP contribution in [-0.4, -0.2) is 23.6 Å². The van der Waals surface area contributed by atoms with Gasteiger partial charge in [-0.3, -0.25) is 9.69 Å². The Balaban J connectivity index is 1.85. The number of carbonyl (C=O) groups is 2. The van der Waals surface area contributed by atoms with Crippen molar-refractivity contribution in [2.45, 2.75) is 34.6 Å². The third-order valence-corrected chi connectivity index (χ3v) is 6.64. The first-order chi connectivity index (χ1) is 16.1. The van der Waals surface area contributed by atoms with Gasteiger partial charge < -0.3 is 9.30 Å². The van der Waals surface area contributed by atoms with Crippen molar-refractivity contribution in [1.29, 1.82) is 0 Å². The fourth-order valence-corrected chi connectivity index (χ4v) is 4.91. The number of ether oxygens (including phenoxy) is 1. The molecule has 174 valence electrons. The van der Waals surface area contributed by atoms with Crippen LogP contribution >= 0.6 is 15.9 Å².